The van der Waals surface area contributed by atoms with E-state index in [2.05, 4.69) is 35.3 Å². The SMILES string of the molecule is CCC(C)c1cnc2nn(-c3cc(NC)ccc3F)cc2c1. The van der Waals surface area contributed by atoms with Crippen molar-refractivity contribution in [2.75, 3.05) is 12.4 Å². The lowest BCUT2D eigenvalue weighted by molar-refractivity contribution is 0.611. The van der Waals surface area contributed by atoms with E-state index in [1.807, 2.05) is 12.4 Å². The molecule has 2 aromatic heterocycles. The van der Waals surface area contributed by atoms with Crippen LogP contribution in [0.5, 0.6) is 0 Å². The fourth-order valence-electron chi connectivity index (χ4n) is 2.41. The first-order valence-electron chi connectivity index (χ1n) is 7.45. The Morgan fingerprint density at radius 1 is 1.32 bits per heavy atom. The molecule has 3 rings (SSSR count). The molecule has 0 spiro atoms. The molecule has 5 heteroatoms. The number of benzene rings is 1. The number of rotatable bonds is 4. The molecule has 0 aliphatic carbocycles. The lowest BCUT2D eigenvalue weighted by Crippen LogP contribution is -2.00. The van der Waals surface area contributed by atoms with Crippen LogP contribution in [0.15, 0.2) is 36.7 Å². The van der Waals surface area contributed by atoms with Crippen LogP contribution in [-0.2, 0) is 0 Å². The summed E-state index contributed by atoms with van der Waals surface area (Å²) >= 11 is 0. The highest BCUT2D eigenvalue weighted by atomic mass is 19.1. The van der Waals surface area contributed by atoms with Crippen molar-refractivity contribution >= 4 is 16.7 Å². The molecule has 0 radical (unpaired) electrons. The predicted octanol–water partition coefficient (Wildman–Crippen LogP) is 4.11. The highest BCUT2D eigenvalue weighted by Gasteiger charge is 2.11. The molecule has 1 aromatic carbocycles. The fourth-order valence-corrected chi connectivity index (χ4v) is 2.41. The second-order valence-electron chi connectivity index (χ2n) is 5.48. The van der Waals surface area contributed by atoms with Gasteiger partial charge in [0.05, 0.1) is 0 Å². The van der Waals surface area contributed by atoms with Crippen LogP contribution in [0, 0.1) is 5.82 Å². The van der Waals surface area contributed by atoms with Gasteiger partial charge in [-0.3, -0.25) is 0 Å². The average molecular weight is 298 g/mol. The van der Waals surface area contributed by atoms with Gasteiger partial charge >= 0.3 is 0 Å². The standard InChI is InChI=1S/C17H19FN4/c1-4-11(2)12-7-13-10-22(21-17(13)20-9-12)16-8-14(19-3)5-6-15(16)18/h5-11,19H,4H2,1-3H3. The molecule has 1 atom stereocenters. The Balaban J connectivity index is 2.09. The fraction of sp³-hybridized carbons (Fsp3) is 0.294. The summed E-state index contributed by atoms with van der Waals surface area (Å²) in [5, 5.41) is 8.31. The number of hydrogen-bond donors (Lipinski definition) is 1. The average Bonchev–Trinajstić information content (AvgIpc) is 2.97. The third-order valence-corrected chi connectivity index (χ3v) is 4.04. The third-order valence-electron chi connectivity index (χ3n) is 4.04. The Labute approximate surface area is 129 Å². The van der Waals surface area contributed by atoms with Gasteiger partial charge in [0.15, 0.2) is 5.65 Å². The van der Waals surface area contributed by atoms with Gasteiger partial charge in [0.25, 0.3) is 0 Å². The molecule has 1 unspecified atom stereocenters. The van der Waals surface area contributed by atoms with Crippen molar-refractivity contribution in [2.24, 2.45) is 0 Å². The summed E-state index contributed by atoms with van der Waals surface area (Å²) in [6.45, 7) is 4.32. The summed E-state index contributed by atoms with van der Waals surface area (Å²) < 4.78 is 15.6. The number of pyridine rings is 1. The van der Waals surface area contributed by atoms with E-state index in [0.717, 1.165) is 17.5 Å². The Morgan fingerprint density at radius 2 is 2.14 bits per heavy atom. The molecule has 0 fully saturated rings. The van der Waals surface area contributed by atoms with Crippen LogP contribution < -0.4 is 5.32 Å². The number of nitrogens with zero attached hydrogens (tertiary/aromatic N) is 3. The first-order valence-corrected chi connectivity index (χ1v) is 7.45. The first-order chi connectivity index (χ1) is 10.6. The molecule has 0 bridgehead atoms. The van der Waals surface area contributed by atoms with Crippen molar-refractivity contribution in [3.63, 3.8) is 0 Å². The second kappa shape index (κ2) is 5.75. The van der Waals surface area contributed by atoms with Gasteiger partial charge in [0.1, 0.15) is 11.5 Å². The smallest absolute Gasteiger partial charge is 0.181 e. The van der Waals surface area contributed by atoms with E-state index >= 15 is 0 Å². The Bertz CT molecular complexity index is 810. The maximum atomic E-state index is 14.1. The first kappa shape index (κ1) is 14.5. The van der Waals surface area contributed by atoms with E-state index in [9.17, 15) is 4.39 Å². The van der Waals surface area contributed by atoms with Gasteiger partial charge in [-0.25, -0.2) is 14.1 Å². The normalized spacial score (nSPS) is 12.5. The molecule has 22 heavy (non-hydrogen) atoms. The molecule has 1 N–H and O–H groups in total. The largest absolute Gasteiger partial charge is 0.388 e. The minimum atomic E-state index is -0.311. The van der Waals surface area contributed by atoms with Gasteiger partial charge in [-0.15, -0.1) is 5.10 Å². The minimum Gasteiger partial charge on any atom is -0.388 e. The van der Waals surface area contributed by atoms with Crippen LogP contribution in [0.4, 0.5) is 10.1 Å². The van der Waals surface area contributed by atoms with E-state index in [1.54, 1.807) is 23.9 Å². The summed E-state index contributed by atoms with van der Waals surface area (Å²) in [6, 6.07) is 6.95. The monoisotopic (exact) mass is 298 g/mol. The van der Waals surface area contributed by atoms with E-state index < -0.39 is 0 Å². The predicted molar refractivity (Wildman–Crippen MR) is 87.1 cm³/mol. The minimum absolute atomic E-state index is 0.311. The number of anilines is 1. The second-order valence-corrected chi connectivity index (χ2v) is 5.48. The molecule has 4 nitrogen and oxygen atoms in total. The number of nitrogens with one attached hydrogen (secondary N) is 1. The van der Waals surface area contributed by atoms with Gasteiger partial charge in [-0.1, -0.05) is 13.8 Å². The van der Waals surface area contributed by atoms with Crippen molar-refractivity contribution in [3.05, 3.63) is 48.0 Å². The van der Waals surface area contributed by atoms with Crippen molar-refractivity contribution in [2.45, 2.75) is 26.2 Å². The Kier molecular flexibility index (Phi) is 3.79. The number of hydrogen-bond acceptors (Lipinski definition) is 3. The molecular formula is C17H19FN4. The van der Waals surface area contributed by atoms with Gasteiger partial charge in [-0.05, 0) is 42.2 Å². The molecule has 3 aromatic rings. The molecule has 0 saturated carbocycles. The summed E-state index contributed by atoms with van der Waals surface area (Å²) in [4.78, 5) is 4.40. The zero-order valence-corrected chi connectivity index (χ0v) is 13.0. The highest BCUT2D eigenvalue weighted by molar-refractivity contribution is 5.75. The van der Waals surface area contributed by atoms with Crippen LogP contribution in [0.1, 0.15) is 31.7 Å². The zero-order valence-electron chi connectivity index (χ0n) is 13.0. The summed E-state index contributed by atoms with van der Waals surface area (Å²) in [6.07, 6.45) is 4.74. The van der Waals surface area contributed by atoms with E-state index in [-0.39, 0.29) is 5.82 Å². The van der Waals surface area contributed by atoms with Crippen molar-refractivity contribution in [1.29, 1.82) is 0 Å². The van der Waals surface area contributed by atoms with Gasteiger partial charge < -0.3 is 5.32 Å². The molecule has 0 aliphatic rings. The van der Waals surface area contributed by atoms with Crippen molar-refractivity contribution < 1.29 is 4.39 Å². The number of aromatic nitrogens is 3. The van der Waals surface area contributed by atoms with Gasteiger partial charge in [-0.2, -0.15) is 0 Å². The maximum absolute atomic E-state index is 14.1. The van der Waals surface area contributed by atoms with Crippen LogP contribution in [0.2, 0.25) is 0 Å². The molecule has 0 saturated heterocycles. The van der Waals surface area contributed by atoms with E-state index in [0.29, 0.717) is 17.3 Å². The van der Waals surface area contributed by atoms with Crippen LogP contribution >= 0.6 is 0 Å². The van der Waals surface area contributed by atoms with Crippen LogP contribution in [-0.4, -0.2) is 21.8 Å². The summed E-state index contributed by atoms with van der Waals surface area (Å²) in [5.41, 5.74) is 3.06. The topological polar surface area (TPSA) is 42.7 Å². The van der Waals surface area contributed by atoms with E-state index in [1.165, 1.54) is 11.6 Å². The molecule has 2 heterocycles. The van der Waals surface area contributed by atoms with Crippen LogP contribution in [0.25, 0.3) is 16.7 Å². The lowest BCUT2D eigenvalue weighted by Gasteiger charge is -2.06. The van der Waals surface area contributed by atoms with Crippen molar-refractivity contribution in [3.8, 4) is 5.69 Å². The molecule has 114 valence electrons. The summed E-state index contributed by atoms with van der Waals surface area (Å²) in [7, 11) is 1.80. The van der Waals surface area contributed by atoms with Gasteiger partial charge in [0, 0.05) is 30.5 Å². The zero-order chi connectivity index (χ0) is 15.7. The van der Waals surface area contributed by atoms with Crippen LogP contribution in [0.3, 0.4) is 0 Å². The molecular weight excluding hydrogens is 279 g/mol. The Morgan fingerprint density at radius 3 is 2.86 bits per heavy atom. The van der Waals surface area contributed by atoms with E-state index in [4.69, 9.17) is 0 Å². The Hall–Kier alpha value is -2.43. The number of halogens is 1. The third kappa shape index (κ3) is 2.54. The maximum Gasteiger partial charge on any atom is 0.181 e. The van der Waals surface area contributed by atoms with Crippen molar-refractivity contribution in [1.82, 2.24) is 14.8 Å². The quantitative estimate of drug-likeness (QED) is 0.788. The van der Waals surface area contributed by atoms with Gasteiger partial charge in [0.2, 0.25) is 0 Å². The lowest BCUT2D eigenvalue weighted by atomic mass is 10.0. The molecule has 0 aliphatic heterocycles. The number of fused-ring (bicyclic) bond motifs is 1. The highest BCUT2D eigenvalue weighted by Crippen LogP contribution is 2.24. The summed E-state index contributed by atoms with van der Waals surface area (Å²) in [5.74, 6) is 0.138. The molecule has 0 amide bonds.